The van der Waals surface area contributed by atoms with E-state index in [2.05, 4.69) is 10.6 Å². The van der Waals surface area contributed by atoms with Crippen LogP contribution in [0.3, 0.4) is 0 Å². The molecule has 2 aromatic carbocycles. The highest BCUT2D eigenvalue weighted by Gasteiger charge is 2.10. The number of hydrogen-bond acceptors (Lipinski definition) is 4. The van der Waals surface area contributed by atoms with Crippen LogP contribution in [0.5, 0.6) is 5.75 Å². The number of nitriles is 1. The third-order valence-electron chi connectivity index (χ3n) is 3.20. The molecular weight excluding hydrogens is 342 g/mol. The van der Waals surface area contributed by atoms with Crippen molar-refractivity contribution in [1.82, 2.24) is 5.32 Å². The van der Waals surface area contributed by atoms with Crippen LogP contribution < -0.4 is 15.4 Å². The second-order valence-corrected chi connectivity index (χ2v) is 5.41. The van der Waals surface area contributed by atoms with Gasteiger partial charge in [0.2, 0.25) is 5.91 Å². The molecule has 0 unspecified atom stereocenters. The fraction of sp³-hybridized carbons (Fsp3) is 0.167. The molecule has 6 nitrogen and oxygen atoms in total. The summed E-state index contributed by atoms with van der Waals surface area (Å²) in [7, 11) is 0. The summed E-state index contributed by atoms with van der Waals surface area (Å²) in [5.74, 6) is -0.00546. The second kappa shape index (κ2) is 9.30. The zero-order valence-corrected chi connectivity index (χ0v) is 14.0. The maximum absolute atomic E-state index is 12.0. The van der Waals surface area contributed by atoms with E-state index in [1.165, 1.54) is 0 Å². The first-order valence-corrected chi connectivity index (χ1v) is 7.90. The van der Waals surface area contributed by atoms with Gasteiger partial charge in [0.15, 0.2) is 6.61 Å². The lowest BCUT2D eigenvalue weighted by Gasteiger charge is -2.08. The molecule has 128 valence electrons. The van der Waals surface area contributed by atoms with Gasteiger partial charge in [-0.1, -0.05) is 23.7 Å². The number of nitrogens with zero attached hydrogens (tertiary/aromatic N) is 1. The Balaban J connectivity index is 1.76. The zero-order valence-electron chi connectivity index (χ0n) is 13.3. The lowest BCUT2D eigenvalue weighted by molar-refractivity contribution is -0.116. The van der Waals surface area contributed by atoms with Crippen LogP contribution in [0, 0.1) is 11.3 Å². The van der Waals surface area contributed by atoms with E-state index in [-0.39, 0.29) is 31.4 Å². The SMILES string of the molecule is N#CCOc1ccc(NC(=O)CCNC(=O)c2ccccc2Cl)cc1. The number of carbonyl (C=O) groups is 2. The molecule has 2 rings (SSSR count). The number of anilines is 1. The average Bonchev–Trinajstić information content (AvgIpc) is 2.61. The van der Waals surface area contributed by atoms with Gasteiger partial charge in [-0.05, 0) is 36.4 Å². The van der Waals surface area contributed by atoms with Crippen molar-refractivity contribution in [2.24, 2.45) is 0 Å². The van der Waals surface area contributed by atoms with Crippen molar-refractivity contribution in [2.45, 2.75) is 6.42 Å². The molecule has 0 aliphatic rings. The molecule has 0 spiro atoms. The number of benzene rings is 2. The largest absolute Gasteiger partial charge is 0.479 e. The van der Waals surface area contributed by atoms with Gasteiger partial charge < -0.3 is 15.4 Å². The van der Waals surface area contributed by atoms with Gasteiger partial charge in [-0.2, -0.15) is 5.26 Å². The maximum Gasteiger partial charge on any atom is 0.252 e. The van der Waals surface area contributed by atoms with E-state index in [1.807, 2.05) is 6.07 Å². The second-order valence-electron chi connectivity index (χ2n) is 5.01. The van der Waals surface area contributed by atoms with E-state index in [1.54, 1.807) is 48.5 Å². The summed E-state index contributed by atoms with van der Waals surface area (Å²) in [5, 5.41) is 14.2. The molecule has 7 heteroatoms. The highest BCUT2D eigenvalue weighted by molar-refractivity contribution is 6.33. The number of halogens is 1. The quantitative estimate of drug-likeness (QED) is 0.796. The number of carbonyl (C=O) groups excluding carboxylic acids is 2. The molecule has 2 amide bonds. The Morgan fingerprint density at radius 1 is 1.12 bits per heavy atom. The van der Waals surface area contributed by atoms with Gasteiger partial charge in [0.1, 0.15) is 11.8 Å². The minimum atomic E-state index is -0.322. The molecule has 0 aliphatic carbocycles. The summed E-state index contributed by atoms with van der Waals surface area (Å²) in [6.07, 6.45) is 0.128. The molecule has 0 aliphatic heterocycles. The maximum atomic E-state index is 12.0. The molecule has 25 heavy (non-hydrogen) atoms. The summed E-state index contributed by atoms with van der Waals surface area (Å²) >= 11 is 5.94. The molecule has 0 radical (unpaired) electrons. The van der Waals surface area contributed by atoms with Crippen molar-refractivity contribution >= 4 is 29.1 Å². The monoisotopic (exact) mass is 357 g/mol. The van der Waals surface area contributed by atoms with E-state index in [0.717, 1.165) is 0 Å². The van der Waals surface area contributed by atoms with Crippen molar-refractivity contribution in [3.05, 3.63) is 59.1 Å². The van der Waals surface area contributed by atoms with Gasteiger partial charge in [0.25, 0.3) is 5.91 Å². The number of rotatable bonds is 7. The van der Waals surface area contributed by atoms with Gasteiger partial charge in [-0.25, -0.2) is 0 Å². The first-order valence-electron chi connectivity index (χ1n) is 7.52. The van der Waals surface area contributed by atoms with Crippen molar-refractivity contribution in [2.75, 3.05) is 18.5 Å². The highest BCUT2D eigenvalue weighted by Crippen LogP contribution is 2.16. The average molecular weight is 358 g/mol. The first-order chi connectivity index (χ1) is 12.1. The van der Waals surface area contributed by atoms with Gasteiger partial charge >= 0.3 is 0 Å². The Morgan fingerprint density at radius 3 is 2.52 bits per heavy atom. The predicted octanol–water partition coefficient (Wildman–Crippen LogP) is 3.00. The van der Waals surface area contributed by atoms with Crippen LogP contribution in [0.1, 0.15) is 16.8 Å². The highest BCUT2D eigenvalue weighted by atomic mass is 35.5. The molecule has 0 bridgehead atoms. The van der Waals surface area contributed by atoms with Crippen molar-refractivity contribution in [1.29, 1.82) is 5.26 Å². The van der Waals surface area contributed by atoms with E-state index in [0.29, 0.717) is 22.0 Å². The van der Waals surface area contributed by atoms with E-state index >= 15 is 0 Å². The number of nitrogens with one attached hydrogen (secondary N) is 2. The van der Waals surface area contributed by atoms with Crippen LogP contribution in [-0.2, 0) is 4.79 Å². The fourth-order valence-corrected chi connectivity index (χ4v) is 2.23. The molecule has 0 saturated heterocycles. The molecule has 0 atom stereocenters. The van der Waals surface area contributed by atoms with E-state index in [4.69, 9.17) is 21.6 Å². The Kier molecular flexibility index (Phi) is 6.81. The lowest BCUT2D eigenvalue weighted by atomic mass is 10.2. The predicted molar refractivity (Wildman–Crippen MR) is 94.6 cm³/mol. The summed E-state index contributed by atoms with van der Waals surface area (Å²) in [6.45, 7) is 0.163. The Morgan fingerprint density at radius 2 is 1.84 bits per heavy atom. The molecular formula is C18H16ClN3O3. The van der Waals surface area contributed by atoms with Crippen LogP contribution in [0.15, 0.2) is 48.5 Å². The molecule has 2 N–H and O–H groups in total. The minimum absolute atomic E-state index is 0.0309. The standard InChI is InChI=1S/C18H16ClN3O3/c19-16-4-2-1-3-15(16)18(24)21-11-9-17(23)22-13-5-7-14(8-6-13)25-12-10-20/h1-8H,9,11-12H2,(H,21,24)(H,22,23). The Labute approximate surface area is 150 Å². The first kappa shape index (κ1) is 18.3. The van der Waals surface area contributed by atoms with Crippen molar-refractivity contribution < 1.29 is 14.3 Å². The summed E-state index contributed by atoms with van der Waals surface area (Å²) in [6, 6.07) is 15.3. The molecule has 0 heterocycles. The van der Waals surface area contributed by atoms with Crippen molar-refractivity contribution in [3.63, 3.8) is 0 Å². The molecule has 0 saturated carbocycles. The Bertz CT molecular complexity index is 785. The number of ether oxygens (including phenoxy) is 1. The van der Waals surface area contributed by atoms with Gasteiger partial charge in [-0.15, -0.1) is 0 Å². The zero-order chi connectivity index (χ0) is 18.1. The normalized spacial score (nSPS) is 9.76. The van der Waals surface area contributed by atoms with Gasteiger partial charge in [-0.3, -0.25) is 9.59 Å². The minimum Gasteiger partial charge on any atom is -0.479 e. The fourth-order valence-electron chi connectivity index (χ4n) is 2.00. The van der Waals surface area contributed by atoms with Crippen LogP contribution in [0.2, 0.25) is 5.02 Å². The molecule has 0 fully saturated rings. The number of hydrogen-bond donors (Lipinski definition) is 2. The topological polar surface area (TPSA) is 91.2 Å². The lowest BCUT2D eigenvalue weighted by Crippen LogP contribution is -2.27. The third-order valence-corrected chi connectivity index (χ3v) is 3.53. The van der Waals surface area contributed by atoms with E-state index < -0.39 is 0 Å². The number of amides is 2. The summed E-state index contributed by atoms with van der Waals surface area (Å²) in [4.78, 5) is 23.9. The van der Waals surface area contributed by atoms with Crippen molar-refractivity contribution in [3.8, 4) is 11.8 Å². The molecule has 0 aromatic heterocycles. The van der Waals surface area contributed by atoms with Crippen LogP contribution >= 0.6 is 11.6 Å². The van der Waals surface area contributed by atoms with Gasteiger partial charge in [0, 0.05) is 18.7 Å². The Hall–Kier alpha value is -3.04. The van der Waals surface area contributed by atoms with Crippen LogP contribution in [0.25, 0.3) is 0 Å². The van der Waals surface area contributed by atoms with Crippen LogP contribution in [-0.4, -0.2) is 25.0 Å². The third kappa shape index (κ3) is 5.83. The van der Waals surface area contributed by atoms with Gasteiger partial charge in [0.05, 0.1) is 10.6 Å². The summed E-state index contributed by atoms with van der Waals surface area (Å²) < 4.78 is 5.13. The van der Waals surface area contributed by atoms with E-state index in [9.17, 15) is 9.59 Å². The van der Waals surface area contributed by atoms with Crippen LogP contribution in [0.4, 0.5) is 5.69 Å². The summed E-state index contributed by atoms with van der Waals surface area (Å²) in [5.41, 5.74) is 0.976. The smallest absolute Gasteiger partial charge is 0.252 e. The molecule has 2 aromatic rings.